The Labute approximate surface area is 114 Å². The van der Waals surface area contributed by atoms with Crippen LogP contribution in [0.1, 0.15) is 17.4 Å². The van der Waals surface area contributed by atoms with Crippen molar-refractivity contribution in [1.29, 1.82) is 0 Å². The van der Waals surface area contributed by atoms with Gasteiger partial charge in [0.05, 0.1) is 12.5 Å². The first-order valence-electron chi connectivity index (χ1n) is 5.81. The van der Waals surface area contributed by atoms with Crippen molar-refractivity contribution >= 4 is 17.3 Å². The van der Waals surface area contributed by atoms with Crippen molar-refractivity contribution in [2.75, 3.05) is 0 Å². The summed E-state index contributed by atoms with van der Waals surface area (Å²) in [7, 11) is 0. The van der Waals surface area contributed by atoms with E-state index in [9.17, 15) is 15.0 Å². The van der Waals surface area contributed by atoms with E-state index < -0.39 is 24.6 Å². The molecule has 0 fully saturated rings. The molecule has 2 unspecified atom stereocenters. The Morgan fingerprint density at radius 3 is 2.42 bits per heavy atom. The maximum Gasteiger partial charge on any atom is 0.306 e. The van der Waals surface area contributed by atoms with Gasteiger partial charge in [-0.15, -0.1) is 11.3 Å². The second-order valence-electron chi connectivity index (χ2n) is 4.18. The molecule has 5 heteroatoms. The summed E-state index contributed by atoms with van der Waals surface area (Å²) in [6.45, 7) is 0. The van der Waals surface area contributed by atoms with Crippen LogP contribution in [0.15, 0.2) is 42.5 Å². The van der Waals surface area contributed by atoms with E-state index in [1.54, 1.807) is 6.07 Å². The molecule has 19 heavy (non-hydrogen) atoms. The van der Waals surface area contributed by atoms with Crippen LogP contribution in [0.4, 0.5) is 0 Å². The van der Waals surface area contributed by atoms with Gasteiger partial charge in [-0.3, -0.25) is 4.79 Å². The Hall–Kier alpha value is -1.69. The van der Waals surface area contributed by atoms with Crippen LogP contribution < -0.4 is 0 Å². The fourth-order valence-electron chi connectivity index (χ4n) is 1.75. The lowest BCUT2D eigenvalue weighted by Crippen LogP contribution is -2.20. The van der Waals surface area contributed by atoms with Crippen molar-refractivity contribution in [2.45, 2.75) is 18.6 Å². The third kappa shape index (κ3) is 3.41. The van der Waals surface area contributed by atoms with Crippen LogP contribution in [-0.2, 0) is 4.79 Å². The van der Waals surface area contributed by atoms with Crippen LogP contribution in [0.2, 0.25) is 0 Å². The van der Waals surface area contributed by atoms with E-state index >= 15 is 0 Å². The van der Waals surface area contributed by atoms with Crippen molar-refractivity contribution in [1.82, 2.24) is 0 Å². The zero-order valence-corrected chi connectivity index (χ0v) is 10.9. The Morgan fingerprint density at radius 1 is 1.11 bits per heavy atom. The average molecular weight is 278 g/mol. The molecule has 100 valence electrons. The number of rotatable bonds is 5. The molecule has 0 saturated heterocycles. The van der Waals surface area contributed by atoms with Gasteiger partial charge in [-0.2, -0.15) is 0 Å². The van der Waals surface area contributed by atoms with E-state index in [4.69, 9.17) is 5.11 Å². The Bertz CT molecular complexity index is 550. The molecule has 2 aromatic rings. The smallest absolute Gasteiger partial charge is 0.306 e. The summed E-state index contributed by atoms with van der Waals surface area (Å²) in [6, 6.07) is 13.2. The Kier molecular flexibility index (Phi) is 4.31. The van der Waals surface area contributed by atoms with Gasteiger partial charge in [-0.05, 0) is 17.7 Å². The highest BCUT2D eigenvalue weighted by molar-refractivity contribution is 7.15. The fraction of sp³-hybridized carbons (Fsp3) is 0.214. The number of hydrogen-bond donors (Lipinski definition) is 3. The molecular formula is C14H14O4S. The Balaban J connectivity index is 2.15. The number of aliphatic hydroxyl groups is 2. The first kappa shape index (κ1) is 13.7. The van der Waals surface area contributed by atoms with Crippen LogP contribution >= 0.6 is 11.3 Å². The highest BCUT2D eigenvalue weighted by Crippen LogP contribution is 2.32. The SMILES string of the molecule is O=C(O)CC(O)C(O)c1ccc(-c2ccccc2)s1. The average Bonchev–Trinajstić information content (AvgIpc) is 2.87. The maximum absolute atomic E-state index is 10.5. The van der Waals surface area contributed by atoms with Gasteiger partial charge in [0.1, 0.15) is 6.10 Å². The lowest BCUT2D eigenvalue weighted by molar-refractivity contribution is -0.141. The van der Waals surface area contributed by atoms with Crippen molar-refractivity contribution in [2.24, 2.45) is 0 Å². The number of thiophene rings is 1. The molecule has 0 saturated carbocycles. The largest absolute Gasteiger partial charge is 0.481 e. The minimum Gasteiger partial charge on any atom is -0.481 e. The molecule has 2 rings (SSSR count). The molecule has 1 aromatic carbocycles. The molecule has 4 nitrogen and oxygen atoms in total. The van der Waals surface area contributed by atoms with Crippen LogP contribution in [0.3, 0.4) is 0 Å². The summed E-state index contributed by atoms with van der Waals surface area (Å²) < 4.78 is 0. The molecule has 0 aliphatic heterocycles. The number of hydrogen-bond acceptors (Lipinski definition) is 4. The van der Waals surface area contributed by atoms with Crippen molar-refractivity contribution < 1.29 is 20.1 Å². The van der Waals surface area contributed by atoms with E-state index in [1.165, 1.54) is 11.3 Å². The third-order valence-electron chi connectivity index (χ3n) is 2.72. The Morgan fingerprint density at radius 2 is 1.79 bits per heavy atom. The number of carboxylic acid groups (broad SMARTS) is 1. The fourth-order valence-corrected chi connectivity index (χ4v) is 2.81. The summed E-state index contributed by atoms with van der Waals surface area (Å²) >= 11 is 1.35. The van der Waals surface area contributed by atoms with E-state index in [1.807, 2.05) is 36.4 Å². The van der Waals surface area contributed by atoms with Crippen LogP contribution in [0, 0.1) is 0 Å². The van der Waals surface area contributed by atoms with E-state index in [0.29, 0.717) is 4.88 Å². The molecule has 2 atom stereocenters. The van der Waals surface area contributed by atoms with E-state index in [2.05, 4.69) is 0 Å². The zero-order chi connectivity index (χ0) is 13.8. The van der Waals surface area contributed by atoms with Gasteiger partial charge in [0.25, 0.3) is 0 Å². The minimum atomic E-state index is -1.29. The topological polar surface area (TPSA) is 77.8 Å². The van der Waals surface area contributed by atoms with Gasteiger partial charge in [0.2, 0.25) is 0 Å². The molecule has 0 amide bonds. The van der Waals surface area contributed by atoms with E-state index in [-0.39, 0.29) is 0 Å². The van der Waals surface area contributed by atoms with Crippen LogP contribution in [0.25, 0.3) is 10.4 Å². The molecule has 0 spiro atoms. The highest BCUT2D eigenvalue weighted by atomic mass is 32.1. The lowest BCUT2D eigenvalue weighted by Gasteiger charge is -2.14. The third-order valence-corrected chi connectivity index (χ3v) is 3.93. The van der Waals surface area contributed by atoms with Crippen LogP contribution in [-0.4, -0.2) is 27.4 Å². The standard InChI is InChI=1S/C14H14O4S/c15-10(8-13(16)17)14(18)12-7-6-11(19-12)9-4-2-1-3-5-9/h1-7,10,14-15,18H,8H2,(H,16,17). The first-order valence-corrected chi connectivity index (χ1v) is 6.62. The summed E-state index contributed by atoms with van der Waals surface area (Å²) in [5.41, 5.74) is 1.03. The molecule has 1 heterocycles. The van der Waals surface area contributed by atoms with Gasteiger partial charge in [0.15, 0.2) is 0 Å². The molecule has 0 aliphatic carbocycles. The molecular weight excluding hydrogens is 264 g/mol. The number of carboxylic acids is 1. The summed E-state index contributed by atoms with van der Waals surface area (Å²) in [5.74, 6) is -1.13. The van der Waals surface area contributed by atoms with Gasteiger partial charge in [0, 0.05) is 9.75 Å². The second kappa shape index (κ2) is 5.97. The van der Waals surface area contributed by atoms with Gasteiger partial charge in [-0.25, -0.2) is 0 Å². The monoisotopic (exact) mass is 278 g/mol. The van der Waals surface area contributed by atoms with Gasteiger partial charge >= 0.3 is 5.97 Å². The molecule has 0 radical (unpaired) electrons. The van der Waals surface area contributed by atoms with Crippen molar-refractivity contribution in [3.63, 3.8) is 0 Å². The lowest BCUT2D eigenvalue weighted by atomic mass is 10.1. The minimum absolute atomic E-state index is 0.472. The summed E-state index contributed by atoms with van der Waals surface area (Å²) in [6.07, 6.45) is -2.93. The first-order chi connectivity index (χ1) is 9.08. The van der Waals surface area contributed by atoms with Crippen LogP contribution in [0.5, 0.6) is 0 Å². The van der Waals surface area contributed by atoms with Gasteiger partial charge in [-0.1, -0.05) is 30.3 Å². The molecule has 3 N–H and O–H groups in total. The van der Waals surface area contributed by atoms with Crippen molar-refractivity contribution in [3.05, 3.63) is 47.3 Å². The van der Waals surface area contributed by atoms with Crippen molar-refractivity contribution in [3.8, 4) is 10.4 Å². The highest BCUT2D eigenvalue weighted by Gasteiger charge is 2.22. The molecule has 0 bridgehead atoms. The summed E-state index contributed by atoms with van der Waals surface area (Å²) in [4.78, 5) is 12.0. The second-order valence-corrected chi connectivity index (χ2v) is 5.29. The maximum atomic E-state index is 10.5. The van der Waals surface area contributed by atoms with Gasteiger partial charge < -0.3 is 15.3 Å². The number of carbonyl (C=O) groups is 1. The normalized spacial score (nSPS) is 14.0. The predicted octanol–water partition coefficient (Wildman–Crippen LogP) is 2.28. The number of aliphatic carboxylic acids is 1. The van der Waals surface area contributed by atoms with E-state index in [0.717, 1.165) is 10.4 Å². The molecule has 1 aromatic heterocycles. The predicted molar refractivity (Wildman–Crippen MR) is 73.0 cm³/mol. The molecule has 0 aliphatic rings. The summed E-state index contributed by atoms with van der Waals surface area (Å²) in [5, 5.41) is 28.1. The quantitative estimate of drug-likeness (QED) is 0.784. The zero-order valence-electron chi connectivity index (χ0n) is 10.1. The number of benzene rings is 1. The number of aliphatic hydroxyl groups excluding tert-OH is 2.